The van der Waals surface area contributed by atoms with E-state index in [9.17, 15) is 13.2 Å². The minimum absolute atomic E-state index is 0.0121. The van der Waals surface area contributed by atoms with Gasteiger partial charge in [-0.05, 0) is 19.1 Å². The lowest BCUT2D eigenvalue weighted by Crippen LogP contribution is -2.31. The third kappa shape index (κ3) is 5.15. The van der Waals surface area contributed by atoms with E-state index < -0.39 is 15.9 Å². The zero-order chi connectivity index (χ0) is 14.3. The molecule has 19 heavy (non-hydrogen) atoms. The van der Waals surface area contributed by atoms with E-state index in [1.54, 1.807) is 19.1 Å². The second-order valence-corrected chi connectivity index (χ2v) is 5.68. The minimum Gasteiger partial charge on any atom is -0.274 e. The SMILES string of the molecule is CCONC(=O)CCNS(=O)(=O)c1ccccc1Cl. The second kappa shape index (κ2) is 7.44. The maximum atomic E-state index is 11.9. The Morgan fingerprint density at radius 1 is 1.37 bits per heavy atom. The maximum absolute atomic E-state index is 11.9. The molecular formula is C11H15ClN2O4S. The predicted molar refractivity (Wildman–Crippen MR) is 71.0 cm³/mol. The molecule has 0 aliphatic heterocycles. The summed E-state index contributed by atoms with van der Waals surface area (Å²) in [5.41, 5.74) is 2.17. The van der Waals surface area contributed by atoms with Crippen molar-refractivity contribution >= 4 is 27.5 Å². The summed E-state index contributed by atoms with van der Waals surface area (Å²) in [6.45, 7) is 2.03. The highest BCUT2D eigenvalue weighted by molar-refractivity contribution is 7.89. The number of amides is 1. The molecule has 0 spiro atoms. The minimum atomic E-state index is -3.71. The first-order chi connectivity index (χ1) is 8.97. The number of halogens is 1. The van der Waals surface area contributed by atoms with Crippen LogP contribution in [0.4, 0.5) is 0 Å². The number of carbonyl (C=O) groups excluding carboxylic acids is 1. The number of rotatable bonds is 7. The Bertz CT molecular complexity index is 533. The van der Waals surface area contributed by atoms with Crippen molar-refractivity contribution in [1.29, 1.82) is 0 Å². The van der Waals surface area contributed by atoms with Crippen LogP contribution in [0.15, 0.2) is 29.2 Å². The fraction of sp³-hybridized carbons (Fsp3) is 0.364. The smallest absolute Gasteiger partial charge is 0.244 e. The van der Waals surface area contributed by atoms with Gasteiger partial charge in [0.15, 0.2) is 0 Å². The van der Waals surface area contributed by atoms with E-state index in [1.165, 1.54) is 12.1 Å². The van der Waals surface area contributed by atoms with Gasteiger partial charge in [0.25, 0.3) is 0 Å². The van der Waals surface area contributed by atoms with Crippen molar-refractivity contribution in [3.05, 3.63) is 29.3 Å². The first kappa shape index (κ1) is 15.9. The van der Waals surface area contributed by atoms with Crippen LogP contribution in [-0.4, -0.2) is 27.5 Å². The van der Waals surface area contributed by atoms with E-state index in [1.807, 2.05) is 0 Å². The van der Waals surface area contributed by atoms with Crippen molar-refractivity contribution in [1.82, 2.24) is 10.2 Å². The number of nitrogens with one attached hydrogen (secondary N) is 2. The van der Waals surface area contributed by atoms with Crippen molar-refractivity contribution in [3.63, 3.8) is 0 Å². The van der Waals surface area contributed by atoms with E-state index in [0.29, 0.717) is 6.61 Å². The van der Waals surface area contributed by atoms with Gasteiger partial charge in [0.1, 0.15) is 4.90 Å². The fourth-order valence-corrected chi connectivity index (χ4v) is 2.79. The van der Waals surface area contributed by atoms with Crippen molar-refractivity contribution in [3.8, 4) is 0 Å². The van der Waals surface area contributed by atoms with Gasteiger partial charge < -0.3 is 0 Å². The van der Waals surface area contributed by atoms with Crippen LogP contribution >= 0.6 is 11.6 Å². The number of sulfonamides is 1. The van der Waals surface area contributed by atoms with Gasteiger partial charge in [0.05, 0.1) is 11.6 Å². The van der Waals surface area contributed by atoms with Crippen molar-refractivity contribution in [2.45, 2.75) is 18.2 Å². The van der Waals surface area contributed by atoms with E-state index >= 15 is 0 Å². The summed E-state index contributed by atoms with van der Waals surface area (Å²) in [6, 6.07) is 6.09. The quantitative estimate of drug-likeness (QED) is 0.738. The Balaban J connectivity index is 2.53. The molecule has 0 fully saturated rings. The summed E-state index contributed by atoms with van der Waals surface area (Å²) >= 11 is 5.80. The molecule has 2 N–H and O–H groups in total. The molecule has 0 saturated heterocycles. The van der Waals surface area contributed by atoms with Crippen LogP contribution in [0.3, 0.4) is 0 Å². The van der Waals surface area contributed by atoms with Crippen molar-refractivity contribution in [2.24, 2.45) is 0 Å². The number of hydrogen-bond donors (Lipinski definition) is 2. The summed E-state index contributed by atoms with van der Waals surface area (Å²) in [7, 11) is -3.71. The molecule has 1 amide bonds. The highest BCUT2D eigenvalue weighted by atomic mass is 35.5. The van der Waals surface area contributed by atoms with Gasteiger partial charge in [-0.15, -0.1) is 0 Å². The van der Waals surface area contributed by atoms with Crippen LogP contribution in [-0.2, 0) is 19.7 Å². The standard InChI is InChI=1S/C11H15ClN2O4S/c1-2-18-14-11(15)7-8-13-19(16,17)10-6-4-3-5-9(10)12/h3-6,13H,2,7-8H2,1H3,(H,14,15). The Kier molecular flexibility index (Phi) is 6.23. The summed E-state index contributed by atoms with van der Waals surface area (Å²) < 4.78 is 26.1. The molecule has 0 aromatic heterocycles. The molecule has 1 aromatic carbocycles. The summed E-state index contributed by atoms with van der Waals surface area (Å²) in [5.74, 6) is -0.399. The molecule has 6 nitrogen and oxygen atoms in total. The van der Waals surface area contributed by atoms with Crippen LogP contribution in [0, 0.1) is 0 Å². The number of hydrogen-bond acceptors (Lipinski definition) is 4. The summed E-state index contributed by atoms with van der Waals surface area (Å²) in [4.78, 5) is 15.9. The van der Waals surface area contributed by atoms with Crippen LogP contribution < -0.4 is 10.2 Å². The molecule has 0 saturated carbocycles. The zero-order valence-corrected chi connectivity index (χ0v) is 11.9. The lowest BCUT2D eigenvalue weighted by molar-refractivity contribution is -0.132. The van der Waals surface area contributed by atoms with Gasteiger partial charge >= 0.3 is 0 Å². The molecule has 0 atom stereocenters. The second-order valence-electron chi connectivity index (χ2n) is 3.54. The highest BCUT2D eigenvalue weighted by Gasteiger charge is 2.17. The largest absolute Gasteiger partial charge is 0.274 e. The molecule has 0 aliphatic carbocycles. The Morgan fingerprint density at radius 3 is 2.68 bits per heavy atom. The van der Waals surface area contributed by atoms with Gasteiger partial charge in [-0.2, -0.15) is 0 Å². The topological polar surface area (TPSA) is 84.5 Å². The molecule has 1 rings (SSSR count). The molecule has 0 heterocycles. The molecule has 0 unspecified atom stereocenters. The predicted octanol–water partition coefficient (Wildman–Crippen LogP) is 1.08. The van der Waals surface area contributed by atoms with Gasteiger partial charge in [-0.25, -0.2) is 18.6 Å². The van der Waals surface area contributed by atoms with Crippen LogP contribution in [0.1, 0.15) is 13.3 Å². The van der Waals surface area contributed by atoms with Crippen LogP contribution in [0.2, 0.25) is 5.02 Å². The molecule has 106 valence electrons. The van der Waals surface area contributed by atoms with Crippen LogP contribution in [0.25, 0.3) is 0 Å². The lowest BCUT2D eigenvalue weighted by atomic mass is 10.4. The van der Waals surface area contributed by atoms with E-state index in [-0.39, 0.29) is 22.9 Å². The van der Waals surface area contributed by atoms with E-state index in [2.05, 4.69) is 15.0 Å². The Labute approximate surface area is 117 Å². The van der Waals surface area contributed by atoms with E-state index in [0.717, 1.165) is 0 Å². The monoisotopic (exact) mass is 306 g/mol. The summed E-state index contributed by atoms with van der Waals surface area (Å²) in [5, 5.41) is 0.133. The third-order valence-electron chi connectivity index (χ3n) is 2.10. The molecule has 1 aromatic rings. The van der Waals surface area contributed by atoms with E-state index in [4.69, 9.17) is 11.6 Å². The fourth-order valence-electron chi connectivity index (χ4n) is 1.24. The van der Waals surface area contributed by atoms with Crippen LogP contribution in [0.5, 0.6) is 0 Å². The maximum Gasteiger partial charge on any atom is 0.244 e. The average Bonchev–Trinajstić information content (AvgIpc) is 2.36. The lowest BCUT2D eigenvalue weighted by Gasteiger charge is -2.08. The van der Waals surface area contributed by atoms with Gasteiger partial charge in [-0.3, -0.25) is 9.63 Å². The molecule has 0 bridgehead atoms. The molecule has 8 heteroatoms. The van der Waals surface area contributed by atoms with Crippen molar-refractivity contribution < 1.29 is 18.0 Å². The number of benzene rings is 1. The number of carbonyl (C=O) groups is 1. The highest BCUT2D eigenvalue weighted by Crippen LogP contribution is 2.19. The van der Waals surface area contributed by atoms with Gasteiger partial charge in [-0.1, -0.05) is 23.7 Å². The summed E-state index contributed by atoms with van der Waals surface area (Å²) in [6.07, 6.45) is -0.0241. The molecule has 0 aliphatic rings. The van der Waals surface area contributed by atoms with Crippen molar-refractivity contribution in [2.75, 3.05) is 13.2 Å². The normalized spacial score (nSPS) is 11.3. The number of hydroxylamine groups is 1. The van der Waals surface area contributed by atoms with Gasteiger partial charge in [0.2, 0.25) is 15.9 Å². The first-order valence-corrected chi connectivity index (χ1v) is 7.48. The average molecular weight is 307 g/mol. The van der Waals surface area contributed by atoms with Gasteiger partial charge in [0, 0.05) is 13.0 Å². The Morgan fingerprint density at radius 2 is 2.05 bits per heavy atom. The molecule has 0 radical (unpaired) electrons. The first-order valence-electron chi connectivity index (χ1n) is 5.62. The zero-order valence-electron chi connectivity index (χ0n) is 10.3. The molecular weight excluding hydrogens is 292 g/mol. The third-order valence-corrected chi connectivity index (χ3v) is 4.06. The Hall–Kier alpha value is -1.15.